The van der Waals surface area contributed by atoms with Crippen LogP contribution in [0.3, 0.4) is 0 Å². The third-order valence-corrected chi connectivity index (χ3v) is 3.82. The maximum atomic E-state index is 12.7. The first kappa shape index (κ1) is 14.7. The van der Waals surface area contributed by atoms with E-state index >= 15 is 0 Å². The summed E-state index contributed by atoms with van der Waals surface area (Å²) in [6.45, 7) is 0.654. The number of anilines is 1. The predicted octanol–water partition coefficient (Wildman–Crippen LogP) is 1.65. The van der Waals surface area contributed by atoms with Crippen molar-refractivity contribution in [1.29, 1.82) is 0 Å². The molecule has 0 bridgehead atoms. The molecule has 1 aromatic rings. The van der Waals surface area contributed by atoms with Crippen LogP contribution in [0.4, 0.5) is 5.69 Å². The van der Waals surface area contributed by atoms with E-state index in [0.29, 0.717) is 30.0 Å². The first-order valence-electron chi connectivity index (χ1n) is 7.02. The van der Waals surface area contributed by atoms with Gasteiger partial charge < -0.3 is 20.5 Å². The number of hydrogen-bond donors (Lipinski definition) is 2. The minimum atomic E-state index is -0.0699. The van der Waals surface area contributed by atoms with Crippen molar-refractivity contribution < 1.29 is 14.6 Å². The smallest absolute Gasteiger partial charge is 0.256 e. The average Bonchev–Trinajstić information content (AvgIpc) is 2.41. The molecule has 0 spiro atoms. The van der Waals surface area contributed by atoms with Crippen LogP contribution in [-0.4, -0.2) is 42.2 Å². The summed E-state index contributed by atoms with van der Waals surface area (Å²) in [5, 5.41) is 8.99. The average molecular weight is 278 g/mol. The van der Waals surface area contributed by atoms with Gasteiger partial charge in [-0.1, -0.05) is 0 Å². The number of nitrogen functional groups attached to an aromatic ring is 1. The standard InChI is InChI=1S/C15H22N2O3/c1-20-12-6-7-14(16)13(10-12)15(19)17(8-3-9-18)11-4-2-5-11/h6-7,10-11,18H,2-5,8-9,16H2,1H3. The van der Waals surface area contributed by atoms with Gasteiger partial charge in [-0.3, -0.25) is 4.79 Å². The third kappa shape index (κ3) is 3.04. The maximum absolute atomic E-state index is 12.7. The van der Waals surface area contributed by atoms with Gasteiger partial charge in [-0.25, -0.2) is 0 Å². The molecule has 1 aliphatic rings. The Labute approximate surface area is 119 Å². The Morgan fingerprint density at radius 3 is 2.80 bits per heavy atom. The first-order valence-corrected chi connectivity index (χ1v) is 7.02. The van der Waals surface area contributed by atoms with E-state index in [-0.39, 0.29) is 18.6 Å². The molecule has 0 atom stereocenters. The van der Waals surface area contributed by atoms with E-state index in [1.165, 1.54) is 0 Å². The van der Waals surface area contributed by atoms with Crippen molar-refractivity contribution in [3.63, 3.8) is 0 Å². The summed E-state index contributed by atoms with van der Waals surface area (Å²) >= 11 is 0. The van der Waals surface area contributed by atoms with Crippen LogP contribution in [0.15, 0.2) is 18.2 Å². The molecule has 5 heteroatoms. The van der Waals surface area contributed by atoms with Crippen molar-refractivity contribution in [1.82, 2.24) is 4.90 Å². The zero-order valence-corrected chi connectivity index (χ0v) is 11.8. The van der Waals surface area contributed by atoms with E-state index in [4.69, 9.17) is 15.6 Å². The number of carbonyl (C=O) groups is 1. The summed E-state index contributed by atoms with van der Waals surface area (Å²) < 4.78 is 5.16. The highest BCUT2D eigenvalue weighted by atomic mass is 16.5. The minimum Gasteiger partial charge on any atom is -0.497 e. The molecule has 1 amide bonds. The molecule has 3 N–H and O–H groups in total. The van der Waals surface area contributed by atoms with Crippen molar-refractivity contribution in [3.05, 3.63) is 23.8 Å². The first-order chi connectivity index (χ1) is 9.67. The quantitative estimate of drug-likeness (QED) is 0.776. The van der Waals surface area contributed by atoms with Gasteiger partial charge in [-0.05, 0) is 43.9 Å². The molecule has 1 fully saturated rings. The lowest BCUT2D eigenvalue weighted by Gasteiger charge is -2.37. The fourth-order valence-corrected chi connectivity index (χ4v) is 2.39. The molecular formula is C15H22N2O3. The van der Waals surface area contributed by atoms with Crippen molar-refractivity contribution >= 4 is 11.6 Å². The van der Waals surface area contributed by atoms with E-state index in [0.717, 1.165) is 19.3 Å². The molecule has 1 aliphatic carbocycles. The van der Waals surface area contributed by atoms with E-state index in [1.807, 2.05) is 4.90 Å². The largest absolute Gasteiger partial charge is 0.497 e. The van der Waals surface area contributed by atoms with Gasteiger partial charge in [0, 0.05) is 24.9 Å². The van der Waals surface area contributed by atoms with Crippen molar-refractivity contribution in [2.24, 2.45) is 0 Å². The number of ether oxygens (including phenoxy) is 1. The summed E-state index contributed by atoms with van der Waals surface area (Å²) in [5.41, 5.74) is 6.86. The highest BCUT2D eigenvalue weighted by molar-refractivity contribution is 5.99. The van der Waals surface area contributed by atoms with Crippen LogP contribution in [-0.2, 0) is 0 Å². The molecule has 0 unspecified atom stereocenters. The summed E-state index contributed by atoms with van der Waals surface area (Å²) in [7, 11) is 1.56. The second-order valence-corrected chi connectivity index (χ2v) is 5.11. The molecule has 0 heterocycles. The Balaban J connectivity index is 2.21. The maximum Gasteiger partial charge on any atom is 0.256 e. The molecule has 110 valence electrons. The second-order valence-electron chi connectivity index (χ2n) is 5.11. The lowest BCUT2D eigenvalue weighted by molar-refractivity contribution is 0.0563. The van der Waals surface area contributed by atoms with E-state index in [1.54, 1.807) is 25.3 Å². The molecule has 0 radical (unpaired) electrons. The molecule has 20 heavy (non-hydrogen) atoms. The molecule has 1 aromatic carbocycles. The zero-order valence-electron chi connectivity index (χ0n) is 11.8. The van der Waals surface area contributed by atoms with Gasteiger partial charge in [0.05, 0.1) is 12.7 Å². The number of amides is 1. The predicted molar refractivity (Wildman–Crippen MR) is 77.8 cm³/mol. The van der Waals surface area contributed by atoms with Gasteiger partial charge in [0.2, 0.25) is 0 Å². The topological polar surface area (TPSA) is 75.8 Å². The number of carbonyl (C=O) groups excluding carboxylic acids is 1. The number of benzene rings is 1. The highest BCUT2D eigenvalue weighted by Gasteiger charge is 2.29. The number of aliphatic hydroxyl groups excluding tert-OH is 1. The normalized spacial score (nSPS) is 14.7. The van der Waals surface area contributed by atoms with Gasteiger partial charge in [0.15, 0.2) is 0 Å². The van der Waals surface area contributed by atoms with Crippen LogP contribution in [0.25, 0.3) is 0 Å². The van der Waals surface area contributed by atoms with Crippen LogP contribution >= 0.6 is 0 Å². The summed E-state index contributed by atoms with van der Waals surface area (Å²) in [6.07, 6.45) is 3.80. The summed E-state index contributed by atoms with van der Waals surface area (Å²) in [5.74, 6) is 0.554. The molecule has 0 aromatic heterocycles. The van der Waals surface area contributed by atoms with Crippen LogP contribution in [0.1, 0.15) is 36.0 Å². The molecule has 0 saturated heterocycles. The molecule has 1 saturated carbocycles. The van der Waals surface area contributed by atoms with Crippen molar-refractivity contribution in [2.75, 3.05) is 26.0 Å². The lowest BCUT2D eigenvalue weighted by atomic mass is 9.90. The SMILES string of the molecule is COc1ccc(N)c(C(=O)N(CCCO)C2CCC2)c1. The summed E-state index contributed by atoms with van der Waals surface area (Å²) in [6, 6.07) is 5.40. The minimum absolute atomic E-state index is 0.0699. The molecular weight excluding hydrogens is 256 g/mol. The van der Waals surface area contributed by atoms with E-state index < -0.39 is 0 Å². The number of rotatable bonds is 6. The molecule has 2 rings (SSSR count). The Morgan fingerprint density at radius 1 is 1.50 bits per heavy atom. The number of hydrogen-bond acceptors (Lipinski definition) is 4. The van der Waals surface area contributed by atoms with Gasteiger partial charge >= 0.3 is 0 Å². The lowest BCUT2D eigenvalue weighted by Crippen LogP contribution is -2.45. The van der Waals surface area contributed by atoms with Crippen molar-refractivity contribution in [2.45, 2.75) is 31.7 Å². The Bertz CT molecular complexity index is 472. The monoisotopic (exact) mass is 278 g/mol. The molecule has 0 aliphatic heterocycles. The Kier molecular flexibility index (Phi) is 4.84. The van der Waals surface area contributed by atoms with Gasteiger partial charge in [-0.2, -0.15) is 0 Å². The fourth-order valence-electron chi connectivity index (χ4n) is 2.39. The zero-order chi connectivity index (χ0) is 14.5. The van der Waals surface area contributed by atoms with Crippen molar-refractivity contribution in [3.8, 4) is 5.75 Å². The number of aliphatic hydroxyl groups is 1. The van der Waals surface area contributed by atoms with E-state index in [2.05, 4.69) is 0 Å². The van der Waals surface area contributed by atoms with Gasteiger partial charge in [0.25, 0.3) is 5.91 Å². The second kappa shape index (κ2) is 6.61. The highest BCUT2D eigenvalue weighted by Crippen LogP contribution is 2.28. The molecule has 5 nitrogen and oxygen atoms in total. The number of methoxy groups -OCH3 is 1. The fraction of sp³-hybridized carbons (Fsp3) is 0.533. The number of nitrogens with two attached hydrogens (primary N) is 1. The number of nitrogens with zero attached hydrogens (tertiary/aromatic N) is 1. The Morgan fingerprint density at radius 2 is 2.25 bits per heavy atom. The van der Waals surface area contributed by atoms with Gasteiger partial charge in [-0.15, -0.1) is 0 Å². The van der Waals surface area contributed by atoms with E-state index in [9.17, 15) is 4.79 Å². The van der Waals surface area contributed by atoms with Crippen LogP contribution < -0.4 is 10.5 Å². The van der Waals surface area contributed by atoms with Crippen LogP contribution in [0, 0.1) is 0 Å². The van der Waals surface area contributed by atoms with Crippen LogP contribution in [0.5, 0.6) is 5.75 Å². The third-order valence-electron chi connectivity index (χ3n) is 3.82. The Hall–Kier alpha value is -1.75. The summed E-state index contributed by atoms with van der Waals surface area (Å²) in [4.78, 5) is 14.5. The van der Waals surface area contributed by atoms with Crippen LogP contribution in [0.2, 0.25) is 0 Å². The van der Waals surface area contributed by atoms with Gasteiger partial charge in [0.1, 0.15) is 5.75 Å².